The first-order valence-corrected chi connectivity index (χ1v) is 8.52. The molecule has 0 spiro atoms. The molecule has 0 fully saturated rings. The number of nitrogens with one attached hydrogen (secondary N) is 1. The van der Waals surface area contributed by atoms with Crippen molar-refractivity contribution in [1.29, 1.82) is 0 Å². The Morgan fingerprint density at radius 3 is 2.96 bits per heavy atom. The Hall–Kier alpha value is -2.80. The molecule has 5 nitrogen and oxygen atoms in total. The Kier molecular flexibility index (Phi) is 5.35. The fourth-order valence-electron chi connectivity index (χ4n) is 2.28. The van der Waals surface area contributed by atoms with Crippen LogP contribution in [0.4, 0.5) is 9.52 Å². The van der Waals surface area contributed by atoms with Crippen LogP contribution in [0, 0.1) is 5.82 Å². The van der Waals surface area contributed by atoms with Crippen LogP contribution in [-0.2, 0) is 11.2 Å². The number of hydrogen-bond donors (Lipinski definition) is 1. The van der Waals surface area contributed by atoms with Gasteiger partial charge in [0.25, 0.3) is 0 Å². The Morgan fingerprint density at radius 1 is 1.36 bits per heavy atom. The largest absolute Gasteiger partial charge is 0.494 e. The SMILES string of the molecule is COc1ccc(-c2csc(NC(=O)CCc3cccnc3)n2)cc1F. The third-order valence-corrected chi connectivity index (χ3v) is 4.32. The molecule has 0 unspecified atom stereocenters. The summed E-state index contributed by atoms with van der Waals surface area (Å²) in [7, 11) is 1.42. The zero-order chi connectivity index (χ0) is 17.6. The number of hydrogen-bond acceptors (Lipinski definition) is 5. The molecule has 0 radical (unpaired) electrons. The number of aromatic nitrogens is 2. The maximum Gasteiger partial charge on any atom is 0.226 e. The van der Waals surface area contributed by atoms with Crippen molar-refractivity contribution in [1.82, 2.24) is 9.97 Å². The molecule has 0 aliphatic carbocycles. The van der Waals surface area contributed by atoms with Gasteiger partial charge in [-0.05, 0) is 36.2 Å². The van der Waals surface area contributed by atoms with Crippen LogP contribution in [0.25, 0.3) is 11.3 Å². The van der Waals surface area contributed by atoms with Gasteiger partial charge in [0.2, 0.25) is 5.91 Å². The molecule has 0 saturated carbocycles. The van der Waals surface area contributed by atoms with Gasteiger partial charge in [-0.3, -0.25) is 9.78 Å². The van der Waals surface area contributed by atoms with Crippen LogP contribution in [0.2, 0.25) is 0 Å². The number of benzene rings is 1. The van der Waals surface area contributed by atoms with E-state index < -0.39 is 5.82 Å². The van der Waals surface area contributed by atoms with Gasteiger partial charge >= 0.3 is 0 Å². The third kappa shape index (κ3) is 4.39. The van der Waals surface area contributed by atoms with E-state index in [-0.39, 0.29) is 11.7 Å². The molecular formula is C18H16FN3O2S. The van der Waals surface area contributed by atoms with Crippen LogP contribution in [0.3, 0.4) is 0 Å². The van der Waals surface area contributed by atoms with E-state index in [0.29, 0.717) is 29.2 Å². The minimum Gasteiger partial charge on any atom is -0.494 e. The van der Waals surface area contributed by atoms with Gasteiger partial charge < -0.3 is 10.1 Å². The molecule has 3 aromatic rings. The lowest BCUT2D eigenvalue weighted by Crippen LogP contribution is -2.12. The van der Waals surface area contributed by atoms with Gasteiger partial charge in [-0.1, -0.05) is 6.07 Å². The molecule has 1 amide bonds. The average Bonchev–Trinajstić information content (AvgIpc) is 3.09. The quantitative estimate of drug-likeness (QED) is 0.726. The van der Waals surface area contributed by atoms with E-state index in [1.54, 1.807) is 29.9 Å². The summed E-state index contributed by atoms with van der Waals surface area (Å²) < 4.78 is 18.7. The highest BCUT2D eigenvalue weighted by Crippen LogP contribution is 2.28. The molecular weight excluding hydrogens is 341 g/mol. The first kappa shape index (κ1) is 17.0. The highest BCUT2D eigenvalue weighted by molar-refractivity contribution is 7.14. The lowest BCUT2D eigenvalue weighted by Gasteiger charge is -2.03. The second-order valence-electron chi connectivity index (χ2n) is 5.30. The fourth-order valence-corrected chi connectivity index (χ4v) is 3.01. The van der Waals surface area contributed by atoms with E-state index in [9.17, 15) is 9.18 Å². The topological polar surface area (TPSA) is 64.1 Å². The lowest BCUT2D eigenvalue weighted by molar-refractivity contribution is -0.116. The Morgan fingerprint density at radius 2 is 2.24 bits per heavy atom. The molecule has 2 aromatic heterocycles. The molecule has 1 aromatic carbocycles. The van der Waals surface area contributed by atoms with Crippen molar-refractivity contribution < 1.29 is 13.9 Å². The van der Waals surface area contributed by atoms with E-state index in [1.165, 1.54) is 24.5 Å². The maximum atomic E-state index is 13.8. The van der Waals surface area contributed by atoms with E-state index in [1.807, 2.05) is 12.1 Å². The van der Waals surface area contributed by atoms with Gasteiger partial charge in [0.15, 0.2) is 16.7 Å². The Bertz CT molecular complexity index is 868. The molecule has 0 aliphatic heterocycles. The molecule has 7 heteroatoms. The standard InChI is InChI=1S/C18H16FN3O2S/c1-24-16-6-5-13(9-14(16)19)15-11-25-18(21-15)22-17(23)7-4-12-3-2-8-20-10-12/h2-3,5-6,8-11H,4,7H2,1H3,(H,21,22,23). The number of halogens is 1. The number of amides is 1. The minimum absolute atomic E-state index is 0.120. The van der Waals surface area contributed by atoms with Crippen molar-refractivity contribution >= 4 is 22.4 Å². The summed E-state index contributed by atoms with van der Waals surface area (Å²) in [5.41, 5.74) is 2.24. The number of nitrogens with zero attached hydrogens (tertiary/aromatic N) is 2. The summed E-state index contributed by atoms with van der Waals surface area (Å²) in [6, 6.07) is 8.41. The molecule has 1 N–H and O–H groups in total. The zero-order valence-corrected chi connectivity index (χ0v) is 14.3. The number of rotatable bonds is 6. The van der Waals surface area contributed by atoms with Gasteiger partial charge in [0, 0.05) is 29.8 Å². The summed E-state index contributed by atoms with van der Waals surface area (Å²) >= 11 is 1.30. The van der Waals surface area contributed by atoms with Crippen molar-refractivity contribution in [2.24, 2.45) is 0 Å². The number of aryl methyl sites for hydroxylation is 1. The number of carbonyl (C=O) groups excluding carboxylic acids is 1. The Balaban J connectivity index is 1.61. The van der Waals surface area contributed by atoms with Crippen molar-refractivity contribution in [3.05, 3.63) is 59.5 Å². The van der Waals surface area contributed by atoms with Crippen LogP contribution in [0.15, 0.2) is 48.1 Å². The molecule has 25 heavy (non-hydrogen) atoms. The number of thiazole rings is 1. The number of pyridine rings is 1. The molecule has 128 valence electrons. The highest BCUT2D eigenvalue weighted by atomic mass is 32.1. The molecule has 0 saturated heterocycles. The molecule has 2 heterocycles. The number of carbonyl (C=O) groups is 1. The van der Waals surface area contributed by atoms with Gasteiger partial charge in [-0.15, -0.1) is 11.3 Å². The zero-order valence-electron chi connectivity index (χ0n) is 13.5. The summed E-state index contributed by atoms with van der Waals surface area (Å²) in [5, 5.41) is 5.03. The number of anilines is 1. The van der Waals surface area contributed by atoms with Crippen LogP contribution < -0.4 is 10.1 Å². The van der Waals surface area contributed by atoms with Gasteiger partial charge in [0.05, 0.1) is 12.8 Å². The van der Waals surface area contributed by atoms with E-state index in [2.05, 4.69) is 15.3 Å². The second-order valence-corrected chi connectivity index (χ2v) is 6.15. The molecule has 0 bridgehead atoms. The van der Waals surface area contributed by atoms with Gasteiger partial charge in [0.1, 0.15) is 0 Å². The van der Waals surface area contributed by atoms with E-state index >= 15 is 0 Å². The number of methoxy groups -OCH3 is 1. The van der Waals surface area contributed by atoms with Crippen LogP contribution in [-0.4, -0.2) is 23.0 Å². The fraction of sp³-hybridized carbons (Fsp3) is 0.167. The smallest absolute Gasteiger partial charge is 0.226 e. The van der Waals surface area contributed by atoms with E-state index in [4.69, 9.17) is 4.74 Å². The second kappa shape index (κ2) is 7.85. The highest BCUT2D eigenvalue weighted by Gasteiger charge is 2.10. The summed E-state index contributed by atoms with van der Waals surface area (Å²) in [6.45, 7) is 0. The maximum absolute atomic E-state index is 13.8. The summed E-state index contributed by atoms with van der Waals surface area (Å²) in [6.07, 6.45) is 4.40. The van der Waals surface area contributed by atoms with Crippen molar-refractivity contribution in [3.63, 3.8) is 0 Å². The molecule has 3 rings (SSSR count). The average molecular weight is 357 g/mol. The minimum atomic E-state index is -0.449. The first-order chi connectivity index (χ1) is 12.2. The van der Waals surface area contributed by atoms with Gasteiger partial charge in [-0.2, -0.15) is 0 Å². The normalized spacial score (nSPS) is 10.5. The lowest BCUT2D eigenvalue weighted by atomic mass is 10.1. The predicted octanol–water partition coefficient (Wildman–Crippen LogP) is 3.92. The monoisotopic (exact) mass is 357 g/mol. The third-order valence-electron chi connectivity index (χ3n) is 3.56. The van der Waals surface area contributed by atoms with Crippen LogP contribution in [0.5, 0.6) is 5.75 Å². The Labute approximate surface area is 148 Å². The van der Waals surface area contributed by atoms with Crippen molar-refractivity contribution in [2.45, 2.75) is 12.8 Å². The molecule has 0 aliphatic rings. The first-order valence-electron chi connectivity index (χ1n) is 7.64. The van der Waals surface area contributed by atoms with Crippen molar-refractivity contribution in [2.75, 3.05) is 12.4 Å². The molecule has 0 atom stereocenters. The van der Waals surface area contributed by atoms with Crippen LogP contribution in [0.1, 0.15) is 12.0 Å². The summed E-state index contributed by atoms with van der Waals surface area (Å²) in [4.78, 5) is 20.4. The van der Waals surface area contributed by atoms with E-state index in [0.717, 1.165) is 5.56 Å². The van der Waals surface area contributed by atoms with Crippen molar-refractivity contribution in [3.8, 4) is 17.0 Å². The summed E-state index contributed by atoms with van der Waals surface area (Å²) in [5.74, 6) is -0.386. The predicted molar refractivity (Wildman–Crippen MR) is 95.2 cm³/mol. The van der Waals surface area contributed by atoms with Gasteiger partial charge in [-0.25, -0.2) is 9.37 Å². The number of ether oxygens (including phenoxy) is 1. The van der Waals surface area contributed by atoms with Crippen LogP contribution >= 0.6 is 11.3 Å².